The molecule has 0 saturated carbocycles. The number of benzene rings is 3. The third-order valence-corrected chi connectivity index (χ3v) is 10.2. The fourth-order valence-corrected chi connectivity index (χ4v) is 6.83. The van der Waals surface area contributed by atoms with Gasteiger partial charge in [-0.3, -0.25) is 4.79 Å². The van der Waals surface area contributed by atoms with Crippen molar-refractivity contribution in [1.82, 2.24) is 9.88 Å². The average Bonchev–Trinajstić information content (AvgIpc) is 3.54. The Morgan fingerprint density at radius 2 is 1.80 bits per heavy atom. The molecule has 3 aromatic carbocycles. The Morgan fingerprint density at radius 3 is 2.45 bits per heavy atom. The van der Waals surface area contributed by atoms with Gasteiger partial charge in [-0.2, -0.15) is 13.2 Å². The molecule has 10 nitrogen and oxygen atoms in total. The lowest BCUT2D eigenvalue weighted by molar-refractivity contribution is -0.192. The van der Waals surface area contributed by atoms with Gasteiger partial charge in [0, 0.05) is 29.4 Å². The standard InChI is InChI=1S/C32H35FN4O4S.C2HF3O2/c1-4-41-23-12-14-27(33)26(19-23)30(36-22-11-13-24-21(18-22)15-16-35-31(24)34)32(38)37-17-7-9-28(37)25-8-5-6-10-29(25)42(39,40)20(2)3;3-2(4,5)1(6)7/h5-6,8,10-16,18-20,28,30,36H,4,7,9,17H2,1-3H3,(H2,34,35);(H,6,7)/t28-,30+;/m1./s1. The van der Waals surface area contributed by atoms with E-state index >= 15 is 4.39 Å². The number of hydrogen-bond acceptors (Lipinski definition) is 8. The van der Waals surface area contributed by atoms with E-state index in [9.17, 15) is 26.4 Å². The van der Waals surface area contributed by atoms with Crippen LogP contribution in [0.5, 0.6) is 5.75 Å². The molecule has 1 aromatic heterocycles. The number of aromatic nitrogens is 1. The molecular weight excluding hydrogens is 668 g/mol. The van der Waals surface area contributed by atoms with Gasteiger partial charge >= 0.3 is 12.1 Å². The van der Waals surface area contributed by atoms with Gasteiger partial charge in [-0.05, 0) is 93.1 Å². The zero-order valence-corrected chi connectivity index (χ0v) is 27.7. The molecule has 0 aliphatic carbocycles. The largest absolute Gasteiger partial charge is 0.494 e. The fourth-order valence-electron chi connectivity index (χ4n) is 5.52. The zero-order chi connectivity index (χ0) is 36.1. The van der Waals surface area contributed by atoms with Gasteiger partial charge in [0.05, 0.1) is 22.8 Å². The van der Waals surface area contributed by atoms with Crippen LogP contribution in [0.15, 0.2) is 77.8 Å². The summed E-state index contributed by atoms with van der Waals surface area (Å²) in [5.74, 6) is -2.85. The summed E-state index contributed by atoms with van der Waals surface area (Å²) in [6, 6.07) is 16.8. The van der Waals surface area contributed by atoms with Gasteiger partial charge in [-0.1, -0.05) is 18.2 Å². The number of carboxylic acid groups (broad SMARTS) is 1. The monoisotopic (exact) mass is 704 g/mol. The summed E-state index contributed by atoms with van der Waals surface area (Å²) in [4.78, 5) is 29.4. The first-order valence-electron chi connectivity index (χ1n) is 15.3. The molecule has 49 heavy (non-hydrogen) atoms. The Hall–Kier alpha value is -4.92. The van der Waals surface area contributed by atoms with Crippen molar-refractivity contribution in [1.29, 1.82) is 0 Å². The molecule has 0 radical (unpaired) electrons. The van der Waals surface area contributed by atoms with Crippen molar-refractivity contribution in [3.05, 3.63) is 89.9 Å². The molecule has 15 heteroatoms. The summed E-state index contributed by atoms with van der Waals surface area (Å²) in [6.45, 7) is 5.91. The SMILES string of the molecule is CCOc1ccc(F)c([C@H](Nc2ccc3c(N)nccc3c2)C(=O)N2CCC[C@@H]2c2ccccc2S(=O)(=O)C(C)C)c1.O=C(O)C(F)(F)F. The second-order valence-electron chi connectivity index (χ2n) is 11.4. The number of nitrogens with two attached hydrogens (primary N) is 1. The van der Waals surface area contributed by atoms with Crippen LogP contribution in [-0.2, 0) is 19.4 Å². The number of nitrogens with zero attached hydrogens (tertiary/aromatic N) is 2. The van der Waals surface area contributed by atoms with Crippen molar-refractivity contribution in [2.24, 2.45) is 0 Å². The van der Waals surface area contributed by atoms with Crippen LogP contribution in [0.25, 0.3) is 10.8 Å². The lowest BCUT2D eigenvalue weighted by Gasteiger charge is -2.31. The Bertz CT molecular complexity index is 1940. The summed E-state index contributed by atoms with van der Waals surface area (Å²) >= 11 is 0. The van der Waals surface area contributed by atoms with Gasteiger partial charge in [0.25, 0.3) is 0 Å². The Labute approximate surface area is 280 Å². The highest BCUT2D eigenvalue weighted by Gasteiger charge is 2.39. The number of carbonyl (C=O) groups excluding carboxylic acids is 1. The molecule has 1 amide bonds. The van der Waals surface area contributed by atoms with Crippen molar-refractivity contribution in [3.8, 4) is 5.75 Å². The lowest BCUT2D eigenvalue weighted by Crippen LogP contribution is -2.38. The van der Waals surface area contributed by atoms with E-state index in [2.05, 4.69) is 10.3 Å². The van der Waals surface area contributed by atoms with E-state index in [1.54, 1.807) is 67.4 Å². The number of fused-ring (bicyclic) bond motifs is 1. The van der Waals surface area contributed by atoms with E-state index in [1.807, 2.05) is 19.1 Å². The van der Waals surface area contributed by atoms with Gasteiger partial charge in [-0.15, -0.1) is 0 Å². The van der Waals surface area contributed by atoms with Crippen LogP contribution in [0.2, 0.25) is 0 Å². The number of nitrogens with one attached hydrogen (secondary N) is 1. The second-order valence-corrected chi connectivity index (χ2v) is 13.9. The first-order chi connectivity index (χ1) is 23.1. The first-order valence-corrected chi connectivity index (χ1v) is 16.9. The third-order valence-electron chi connectivity index (χ3n) is 7.93. The number of alkyl halides is 3. The number of ether oxygens (including phenoxy) is 1. The van der Waals surface area contributed by atoms with Gasteiger partial charge in [-0.25, -0.2) is 22.6 Å². The third kappa shape index (κ3) is 8.39. The number of pyridine rings is 1. The number of aliphatic carboxylic acids is 1. The Balaban J connectivity index is 0.000000698. The average molecular weight is 705 g/mol. The molecule has 1 aliphatic heterocycles. The summed E-state index contributed by atoms with van der Waals surface area (Å²) in [5, 5.41) is 11.3. The number of rotatable bonds is 9. The lowest BCUT2D eigenvalue weighted by atomic mass is 10.0. The Kier molecular flexibility index (Phi) is 11.4. The van der Waals surface area contributed by atoms with Crippen LogP contribution in [-0.4, -0.2) is 59.9 Å². The zero-order valence-electron chi connectivity index (χ0n) is 26.9. The van der Waals surface area contributed by atoms with Crippen LogP contribution < -0.4 is 15.8 Å². The number of carboxylic acids is 1. The van der Waals surface area contributed by atoms with Crippen LogP contribution in [0.4, 0.5) is 29.1 Å². The highest BCUT2D eigenvalue weighted by atomic mass is 32.2. The molecule has 4 N–H and O–H groups in total. The molecule has 4 aromatic rings. The number of amides is 1. The van der Waals surface area contributed by atoms with E-state index in [-0.39, 0.29) is 16.4 Å². The number of sulfone groups is 1. The quantitative estimate of drug-likeness (QED) is 0.162. The summed E-state index contributed by atoms with van der Waals surface area (Å²) < 4.78 is 79.4. The minimum atomic E-state index is -5.08. The molecule has 2 heterocycles. The minimum Gasteiger partial charge on any atom is -0.494 e. The van der Waals surface area contributed by atoms with E-state index in [1.165, 1.54) is 12.1 Å². The molecule has 262 valence electrons. The number of anilines is 2. The van der Waals surface area contributed by atoms with Crippen LogP contribution in [0.1, 0.15) is 56.8 Å². The number of halogens is 4. The summed E-state index contributed by atoms with van der Waals surface area (Å²) in [7, 11) is -3.60. The van der Waals surface area contributed by atoms with Gasteiger partial charge < -0.3 is 25.8 Å². The molecular formula is C34H36F4N4O6S. The molecule has 0 bridgehead atoms. The topological polar surface area (TPSA) is 152 Å². The van der Waals surface area contributed by atoms with Gasteiger partial charge in [0.15, 0.2) is 9.84 Å². The summed E-state index contributed by atoms with van der Waals surface area (Å²) in [6.07, 6.45) is -2.21. The van der Waals surface area contributed by atoms with E-state index in [4.69, 9.17) is 20.4 Å². The molecule has 5 rings (SSSR count). The maximum atomic E-state index is 15.5. The van der Waals surface area contributed by atoms with Crippen molar-refractivity contribution in [2.45, 2.75) is 62.0 Å². The second kappa shape index (κ2) is 15.1. The predicted molar refractivity (Wildman–Crippen MR) is 176 cm³/mol. The highest BCUT2D eigenvalue weighted by Crippen LogP contribution is 2.39. The number of carbonyl (C=O) groups is 2. The molecule has 1 aliphatic rings. The van der Waals surface area contributed by atoms with Crippen molar-refractivity contribution >= 4 is 44.0 Å². The van der Waals surface area contributed by atoms with Crippen molar-refractivity contribution in [2.75, 3.05) is 24.2 Å². The van der Waals surface area contributed by atoms with Crippen molar-refractivity contribution < 1.29 is 45.4 Å². The molecule has 1 saturated heterocycles. The number of likely N-dealkylation sites (tertiary alicyclic amines) is 1. The van der Waals surface area contributed by atoms with Crippen LogP contribution >= 0.6 is 0 Å². The van der Waals surface area contributed by atoms with Gasteiger partial charge in [0.1, 0.15) is 23.4 Å². The smallest absolute Gasteiger partial charge is 0.490 e. The maximum absolute atomic E-state index is 15.5. The van der Waals surface area contributed by atoms with Gasteiger partial charge in [0.2, 0.25) is 5.91 Å². The molecule has 0 unspecified atom stereocenters. The first kappa shape index (κ1) is 36.9. The predicted octanol–water partition coefficient (Wildman–Crippen LogP) is 6.69. The van der Waals surface area contributed by atoms with E-state index in [0.29, 0.717) is 48.8 Å². The maximum Gasteiger partial charge on any atom is 0.490 e. The van der Waals surface area contributed by atoms with Crippen LogP contribution in [0, 0.1) is 5.82 Å². The molecule has 0 spiro atoms. The summed E-state index contributed by atoms with van der Waals surface area (Å²) in [5.41, 5.74) is 7.33. The molecule has 1 fully saturated rings. The Morgan fingerprint density at radius 1 is 1.10 bits per heavy atom. The van der Waals surface area contributed by atoms with Crippen molar-refractivity contribution in [3.63, 3.8) is 0 Å². The van der Waals surface area contributed by atoms with Crippen LogP contribution in [0.3, 0.4) is 0 Å². The highest BCUT2D eigenvalue weighted by molar-refractivity contribution is 7.92. The minimum absolute atomic E-state index is 0.133. The van der Waals surface area contributed by atoms with E-state index < -0.39 is 45.1 Å². The normalized spacial score (nSPS) is 15.4. The molecule has 2 atom stereocenters. The number of nitrogen functional groups attached to an aromatic ring is 1. The van der Waals surface area contributed by atoms with E-state index in [0.717, 1.165) is 10.8 Å². The number of hydrogen-bond donors (Lipinski definition) is 3. The fraction of sp³-hybridized carbons (Fsp3) is 0.324.